The minimum Gasteiger partial charge on any atom is -0.311 e. The van der Waals surface area contributed by atoms with E-state index in [9.17, 15) is 22.0 Å². The zero-order chi connectivity index (χ0) is 26.3. The summed E-state index contributed by atoms with van der Waals surface area (Å²) in [5.41, 5.74) is 2.06. The van der Waals surface area contributed by atoms with E-state index < -0.39 is 27.7 Å². The Morgan fingerprint density at radius 1 is 1.00 bits per heavy atom. The number of sulfonamides is 1. The van der Waals surface area contributed by atoms with Crippen molar-refractivity contribution >= 4 is 44.6 Å². The van der Waals surface area contributed by atoms with Gasteiger partial charge in [0.05, 0.1) is 22.2 Å². The van der Waals surface area contributed by atoms with Crippen LogP contribution in [0.25, 0.3) is 11.6 Å². The molecule has 4 aromatic rings. The van der Waals surface area contributed by atoms with Gasteiger partial charge in [-0.3, -0.25) is 4.79 Å². The molecule has 3 aromatic carbocycles. The van der Waals surface area contributed by atoms with E-state index in [-0.39, 0.29) is 10.8 Å². The number of aromatic nitrogens is 1. The van der Waals surface area contributed by atoms with Crippen LogP contribution in [-0.4, -0.2) is 37.7 Å². The minimum atomic E-state index is -4.18. The first kappa shape index (κ1) is 24.9. The van der Waals surface area contributed by atoms with Gasteiger partial charge in [-0.15, -0.1) is 11.3 Å². The number of thiazole rings is 1. The van der Waals surface area contributed by atoms with Crippen molar-refractivity contribution in [3.8, 4) is 0 Å². The molecule has 1 aliphatic rings. The number of carbonyl (C=O) groups is 1. The molecule has 6 nitrogen and oxygen atoms in total. The molecule has 1 aliphatic heterocycles. The fourth-order valence-electron chi connectivity index (χ4n) is 4.43. The van der Waals surface area contributed by atoms with Crippen LogP contribution < -0.4 is 4.90 Å². The van der Waals surface area contributed by atoms with E-state index in [0.29, 0.717) is 33.0 Å². The highest BCUT2D eigenvalue weighted by atomic mass is 32.2. The minimum absolute atomic E-state index is 0.0558. The molecule has 0 radical (unpaired) electrons. The van der Waals surface area contributed by atoms with Gasteiger partial charge in [-0.2, -0.15) is 4.31 Å². The van der Waals surface area contributed by atoms with Gasteiger partial charge in [-0.1, -0.05) is 24.3 Å². The second-order valence-corrected chi connectivity index (χ2v) is 11.4. The van der Waals surface area contributed by atoms with Crippen LogP contribution in [-0.2, 0) is 14.8 Å². The molecule has 0 atom stereocenters. The number of hydrogen-bond donors (Lipinski definition) is 0. The van der Waals surface area contributed by atoms with E-state index in [0.717, 1.165) is 4.31 Å². The standard InChI is InChI=1S/C27H21F2N3O3S2/c1-31-24-10-9-21(15-22(24)23(27(31)33)16-25-30-11-12-36-25)37(34,35)32(2)26(17-5-3-7-19(28)13-17)18-6-4-8-20(29)14-18/h3-16,26H,1-2H3/b23-16+. The SMILES string of the molecule is CN1C(=O)/C(=C/c2nccs2)c2cc(S(=O)(=O)N(C)C(c3cccc(F)c3)c3cccc(F)c3)ccc21. The topological polar surface area (TPSA) is 70.6 Å². The number of benzene rings is 3. The smallest absolute Gasteiger partial charge is 0.258 e. The Labute approximate surface area is 217 Å². The number of nitrogens with zero attached hydrogens (tertiary/aromatic N) is 3. The first-order chi connectivity index (χ1) is 17.7. The van der Waals surface area contributed by atoms with Crippen LogP contribution in [0.15, 0.2) is 83.2 Å². The number of anilines is 1. The van der Waals surface area contributed by atoms with Crippen LogP contribution in [0.5, 0.6) is 0 Å². The molecule has 0 aliphatic carbocycles. The molecule has 0 fully saturated rings. The number of rotatable bonds is 6. The first-order valence-corrected chi connectivity index (χ1v) is 13.5. The summed E-state index contributed by atoms with van der Waals surface area (Å²) in [6, 6.07) is 14.6. The predicted octanol–water partition coefficient (Wildman–Crippen LogP) is 5.35. The van der Waals surface area contributed by atoms with Crippen molar-refractivity contribution in [3.05, 3.63) is 112 Å². The van der Waals surface area contributed by atoms with Gasteiger partial charge >= 0.3 is 0 Å². The molecule has 188 valence electrons. The molecule has 1 aromatic heterocycles. The highest BCUT2D eigenvalue weighted by Gasteiger charge is 2.35. The molecule has 10 heteroatoms. The van der Waals surface area contributed by atoms with Crippen molar-refractivity contribution in [3.63, 3.8) is 0 Å². The lowest BCUT2D eigenvalue weighted by molar-refractivity contribution is -0.112. The summed E-state index contributed by atoms with van der Waals surface area (Å²) in [6.07, 6.45) is 3.26. The lowest BCUT2D eigenvalue weighted by atomic mass is 9.99. The summed E-state index contributed by atoms with van der Waals surface area (Å²) >= 11 is 1.36. The van der Waals surface area contributed by atoms with Crippen LogP contribution >= 0.6 is 11.3 Å². The maximum Gasteiger partial charge on any atom is 0.258 e. The Morgan fingerprint density at radius 2 is 1.65 bits per heavy atom. The lowest BCUT2D eigenvalue weighted by Gasteiger charge is -2.28. The molecule has 0 unspecified atom stereocenters. The Morgan fingerprint density at radius 3 is 2.22 bits per heavy atom. The van der Waals surface area contributed by atoms with Crippen LogP contribution in [0.2, 0.25) is 0 Å². The molecule has 0 saturated heterocycles. The average molecular weight is 538 g/mol. The summed E-state index contributed by atoms with van der Waals surface area (Å²) in [5.74, 6) is -1.35. The quantitative estimate of drug-likeness (QED) is 0.311. The summed E-state index contributed by atoms with van der Waals surface area (Å²) in [5, 5.41) is 2.40. The number of halogens is 2. The number of amides is 1. The molecule has 0 spiro atoms. The van der Waals surface area contributed by atoms with Crippen molar-refractivity contribution in [1.29, 1.82) is 0 Å². The number of fused-ring (bicyclic) bond motifs is 1. The summed E-state index contributed by atoms with van der Waals surface area (Å²) in [6.45, 7) is 0. The number of carbonyl (C=O) groups excluding carboxylic acids is 1. The first-order valence-electron chi connectivity index (χ1n) is 11.2. The fraction of sp³-hybridized carbons (Fsp3) is 0.111. The van der Waals surface area contributed by atoms with Gasteiger partial charge in [0.1, 0.15) is 16.6 Å². The van der Waals surface area contributed by atoms with E-state index in [1.165, 1.54) is 71.8 Å². The molecule has 0 saturated carbocycles. The second-order valence-electron chi connectivity index (χ2n) is 8.51. The normalized spacial score (nSPS) is 14.7. The van der Waals surface area contributed by atoms with Gasteiger partial charge in [0.25, 0.3) is 5.91 Å². The molecule has 0 N–H and O–H groups in total. The van der Waals surface area contributed by atoms with E-state index in [2.05, 4.69) is 4.98 Å². The van der Waals surface area contributed by atoms with Gasteiger partial charge in [0, 0.05) is 31.2 Å². The summed E-state index contributed by atoms with van der Waals surface area (Å²) in [4.78, 5) is 18.5. The molecule has 0 bridgehead atoms. The van der Waals surface area contributed by atoms with Gasteiger partial charge in [0.15, 0.2) is 0 Å². The highest BCUT2D eigenvalue weighted by Crippen LogP contribution is 2.40. The van der Waals surface area contributed by atoms with E-state index in [1.54, 1.807) is 42.9 Å². The molecular formula is C27H21F2N3O3S2. The van der Waals surface area contributed by atoms with Crippen LogP contribution in [0.4, 0.5) is 14.5 Å². The zero-order valence-corrected chi connectivity index (χ0v) is 21.4. The Bertz CT molecular complexity index is 1590. The van der Waals surface area contributed by atoms with Crippen molar-refractivity contribution < 1.29 is 22.0 Å². The highest BCUT2D eigenvalue weighted by molar-refractivity contribution is 7.89. The largest absolute Gasteiger partial charge is 0.311 e. The van der Waals surface area contributed by atoms with E-state index in [1.807, 2.05) is 0 Å². The van der Waals surface area contributed by atoms with Gasteiger partial charge in [0.2, 0.25) is 10.0 Å². The van der Waals surface area contributed by atoms with Crippen molar-refractivity contribution in [2.45, 2.75) is 10.9 Å². The Hall–Kier alpha value is -3.73. The van der Waals surface area contributed by atoms with Gasteiger partial charge in [-0.25, -0.2) is 22.2 Å². The number of hydrogen-bond acceptors (Lipinski definition) is 5. The average Bonchev–Trinajstić information content (AvgIpc) is 3.47. The molecule has 1 amide bonds. The third-order valence-electron chi connectivity index (χ3n) is 6.24. The molecule has 5 rings (SSSR count). The molecular weight excluding hydrogens is 516 g/mol. The molecule has 2 heterocycles. The maximum absolute atomic E-state index is 14.1. The van der Waals surface area contributed by atoms with Crippen LogP contribution in [0.1, 0.15) is 27.7 Å². The van der Waals surface area contributed by atoms with Gasteiger partial charge < -0.3 is 4.90 Å². The zero-order valence-electron chi connectivity index (χ0n) is 19.8. The van der Waals surface area contributed by atoms with Crippen molar-refractivity contribution in [2.75, 3.05) is 19.0 Å². The van der Waals surface area contributed by atoms with Crippen LogP contribution in [0, 0.1) is 11.6 Å². The third-order valence-corrected chi connectivity index (χ3v) is 8.78. The second kappa shape index (κ2) is 9.62. The maximum atomic E-state index is 14.1. The Balaban J connectivity index is 1.61. The fourth-order valence-corrected chi connectivity index (χ4v) is 6.36. The number of likely N-dealkylation sites (N-methyl/N-ethyl adjacent to an activating group) is 1. The van der Waals surface area contributed by atoms with E-state index in [4.69, 9.17) is 0 Å². The van der Waals surface area contributed by atoms with Crippen LogP contribution in [0.3, 0.4) is 0 Å². The summed E-state index contributed by atoms with van der Waals surface area (Å²) in [7, 11) is -1.20. The monoisotopic (exact) mass is 537 g/mol. The van der Waals surface area contributed by atoms with Crippen molar-refractivity contribution in [1.82, 2.24) is 9.29 Å². The summed E-state index contributed by atoms with van der Waals surface area (Å²) < 4.78 is 57.1. The predicted molar refractivity (Wildman–Crippen MR) is 139 cm³/mol. The lowest BCUT2D eigenvalue weighted by Crippen LogP contribution is -2.32. The van der Waals surface area contributed by atoms with Gasteiger partial charge in [-0.05, 0) is 59.7 Å². The van der Waals surface area contributed by atoms with E-state index >= 15 is 0 Å². The Kier molecular flexibility index (Phi) is 6.49. The molecule has 37 heavy (non-hydrogen) atoms. The third kappa shape index (κ3) is 4.59. The van der Waals surface area contributed by atoms with Crippen molar-refractivity contribution in [2.24, 2.45) is 0 Å².